The molecule has 2 amide bonds. The Morgan fingerprint density at radius 1 is 0.917 bits per heavy atom. The van der Waals surface area contributed by atoms with Crippen LogP contribution < -0.4 is 15.4 Å². The third-order valence-electron chi connectivity index (χ3n) is 5.18. The number of hydrogen-bond donors (Lipinski definition) is 2. The van der Waals surface area contributed by atoms with Crippen molar-refractivity contribution in [3.8, 4) is 5.75 Å². The Labute approximate surface area is 211 Å². The lowest BCUT2D eigenvalue weighted by Crippen LogP contribution is -2.37. The van der Waals surface area contributed by atoms with Gasteiger partial charge in [-0.15, -0.1) is 0 Å². The molecule has 1 aromatic heterocycles. The van der Waals surface area contributed by atoms with Crippen LogP contribution in [0.1, 0.15) is 53.0 Å². The quantitative estimate of drug-likeness (QED) is 0.352. The zero-order valence-corrected chi connectivity index (χ0v) is 21.5. The molecule has 190 valence electrons. The summed E-state index contributed by atoms with van der Waals surface area (Å²) in [6, 6.07) is 14.1. The van der Waals surface area contributed by atoms with Gasteiger partial charge in [-0.25, -0.2) is 4.79 Å². The van der Waals surface area contributed by atoms with Crippen LogP contribution in [0.25, 0.3) is 10.8 Å². The van der Waals surface area contributed by atoms with E-state index in [1.54, 1.807) is 84.3 Å². The molecular weight excluding hydrogens is 458 g/mol. The van der Waals surface area contributed by atoms with Gasteiger partial charge in [-0.2, -0.15) is 0 Å². The van der Waals surface area contributed by atoms with Crippen molar-refractivity contribution in [3.63, 3.8) is 0 Å². The monoisotopic (exact) mass is 491 g/mol. The molecule has 2 aromatic carbocycles. The maximum absolute atomic E-state index is 13.3. The molecule has 0 bridgehead atoms. The topological polar surface area (TPSA) is 107 Å². The van der Waals surface area contributed by atoms with E-state index in [1.165, 1.54) is 0 Å². The number of aromatic nitrogens is 1. The molecule has 3 rings (SSSR count). The van der Waals surface area contributed by atoms with Gasteiger partial charge in [0.2, 0.25) is 5.91 Å². The van der Waals surface area contributed by atoms with Crippen LogP contribution in [-0.4, -0.2) is 35.1 Å². The Kier molecular flexibility index (Phi) is 7.97. The van der Waals surface area contributed by atoms with E-state index in [0.717, 1.165) is 10.8 Å². The van der Waals surface area contributed by atoms with Crippen molar-refractivity contribution in [1.82, 2.24) is 10.3 Å². The first-order valence-corrected chi connectivity index (χ1v) is 11.8. The van der Waals surface area contributed by atoms with Crippen LogP contribution in [0.2, 0.25) is 0 Å². The van der Waals surface area contributed by atoms with Gasteiger partial charge in [-0.3, -0.25) is 14.6 Å². The predicted octanol–water partition coefficient (Wildman–Crippen LogP) is 5.43. The van der Waals surface area contributed by atoms with Crippen LogP contribution in [0.5, 0.6) is 5.75 Å². The summed E-state index contributed by atoms with van der Waals surface area (Å²) in [7, 11) is 0. The zero-order valence-electron chi connectivity index (χ0n) is 21.5. The number of benzene rings is 2. The van der Waals surface area contributed by atoms with Gasteiger partial charge in [-0.1, -0.05) is 18.2 Å². The van der Waals surface area contributed by atoms with E-state index < -0.39 is 23.0 Å². The van der Waals surface area contributed by atoms with Crippen molar-refractivity contribution in [2.24, 2.45) is 5.41 Å². The number of amides is 2. The van der Waals surface area contributed by atoms with Gasteiger partial charge in [-0.05, 0) is 82.8 Å². The minimum absolute atomic E-state index is 0.0133. The molecule has 0 saturated heterocycles. The molecule has 0 radical (unpaired) electrons. The summed E-state index contributed by atoms with van der Waals surface area (Å²) in [5, 5.41) is 7.52. The zero-order chi connectivity index (χ0) is 26.5. The standard InChI is InChI=1S/C28H33N3O5/c1-27(2,3)25(33)35-22-11-8-18(9-12-22)23(17-30-26(34)36-28(4,5)6)24(32)31-21-10-7-20-16-29-14-13-19(20)15-21/h7-16,23H,17H2,1-6H3,(H,30,34)(H,31,32). The number of alkyl carbamates (subject to hydrolysis) is 1. The Balaban J connectivity index is 1.80. The maximum Gasteiger partial charge on any atom is 0.407 e. The summed E-state index contributed by atoms with van der Waals surface area (Å²) in [5.41, 5.74) is -0.0462. The van der Waals surface area contributed by atoms with Crippen LogP contribution in [0.3, 0.4) is 0 Å². The smallest absolute Gasteiger partial charge is 0.407 e. The SMILES string of the molecule is CC(C)(C)OC(=O)NCC(C(=O)Nc1ccc2cnccc2c1)c1ccc(OC(=O)C(C)(C)C)cc1. The molecule has 1 heterocycles. The predicted molar refractivity (Wildman–Crippen MR) is 139 cm³/mol. The number of anilines is 1. The van der Waals surface area contributed by atoms with E-state index in [1.807, 2.05) is 18.2 Å². The average molecular weight is 492 g/mol. The van der Waals surface area contributed by atoms with Gasteiger partial charge in [0, 0.05) is 30.0 Å². The number of carbonyl (C=O) groups is 3. The molecule has 8 heteroatoms. The van der Waals surface area contributed by atoms with Crippen molar-refractivity contribution in [2.75, 3.05) is 11.9 Å². The Morgan fingerprint density at radius 2 is 1.61 bits per heavy atom. The molecule has 0 aliphatic rings. The second kappa shape index (κ2) is 10.8. The number of fused-ring (bicyclic) bond motifs is 1. The molecule has 0 saturated carbocycles. The molecule has 0 fully saturated rings. The lowest BCUT2D eigenvalue weighted by molar-refractivity contribution is -0.143. The molecule has 3 aromatic rings. The number of esters is 1. The van der Waals surface area contributed by atoms with E-state index in [0.29, 0.717) is 17.0 Å². The molecule has 0 aliphatic heterocycles. The van der Waals surface area contributed by atoms with Crippen molar-refractivity contribution in [2.45, 2.75) is 53.1 Å². The van der Waals surface area contributed by atoms with Gasteiger partial charge in [0.15, 0.2) is 0 Å². The van der Waals surface area contributed by atoms with Crippen molar-refractivity contribution in [3.05, 3.63) is 66.5 Å². The van der Waals surface area contributed by atoms with Crippen LogP contribution in [0.4, 0.5) is 10.5 Å². The normalized spacial score (nSPS) is 12.5. The highest BCUT2D eigenvalue weighted by molar-refractivity contribution is 5.98. The minimum atomic E-state index is -0.724. The third-order valence-corrected chi connectivity index (χ3v) is 5.18. The van der Waals surface area contributed by atoms with E-state index in [9.17, 15) is 14.4 Å². The van der Waals surface area contributed by atoms with Crippen molar-refractivity contribution in [1.29, 1.82) is 0 Å². The molecule has 1 unspecified atom stereocenters. The first kappa shape index (κ1) is 26.7. The first-order valence-electron chi connectivity index (χ1n) is 11.8. The van der Waals surface area contributed by atoms with Gasteiger partial charge in [0.25, 0.3) is 0 Å². The number of carbonyl (C=O) groups excluding carboxylic acids is 3. The van der Waals surface area contributed by atoms with Crippen LogP contribution in [0, 0.1) is 5.41 Å². The molecule has 0 aliphatic carbocycles. The van der Waals surface area contributed by atoms with E-state index >= 15 is 0 Å². The number of nitrogens with one attached hydrogen (secondary N) is 2. The van der Waals surface area contributed by atoms with Gasteiger partial charge >= 0.3 is 12.1 Å². The van der Waals surface area contributed by atoms with Gasteiger partial charge < -0.3 is 20.1 Å². The van der Waals surface area contributed by atoms with E-state index in [4.69, 9.17) is 9.47 Å². The van der Waals surface area contributed by atoms with Crippen LogP contribution >= 0.6 is 0 Å². The Bertz CT molecular complexity index is 1240. The first-order chi connectivity index (χ1) is 16.8. The Morgan fingerprint density at radius 3 is 2.25 bits per heavy atom. The highest BCUT2D eigenvalue weighted by Crippen LogP contribution is 2.25. The van der Waals surface area contributed by atoms with Crippen molar-refractivity contribution >= 4 is 34.4 Å². The lowest BCUT2D eigenvalue weighted by atomic mass is 9.96. The van der Waals surface area contributed by atoms with E-state index in [-0.39, 0.29) is 18.4 Å². The fourth-order valence-electron chi connectivity index (χ4n) is 3.28. The molecular formula is C28H33N3O5. The Hall–Kier alpha value is -3.94. The molecule has 1 atom stereocenters. The number of ether oxygens (including phenoxy) is 2. The summed E-state index contributed by atoms with van der Waals surface area (Å²) in [6.07, 6.45) is 2.83. The second-order valence-electron chi connectivity index (χ2n) is 10.6. The highest BCUT2D eigenvalue weighted by Gasteiger charge is 2.26. The average Bonchev–Trinajstić information content (AvgIpc) is 2.78. The fraction of sp³-hybridized carbons (Fsp3) is 0.357. The third kappa shape index (κ3) is 7.53. The fourth-order valence-corrected chi connectivity index (χ4v) is 3.28. The molecule has 0 spiro atoms. The van der Waals surface area contributed by atoms with Crippen LogP contribution in [0.15, 0.2) is 60.9 Å². The molecule has 8 nitrogen and oxygen atoms in total. The molecule has 36 heavy (non-hydrogen) atoms. The molecule has 2 N–H and O–H groups in total. The summed E-state index contributed by atoms with van der Waals surface area (Å²) in [5.74, 6) is -1.01. The number of rotatable bonds is 6. The van der Waals surface area contributed by atoms with Crippen molar-refractivity contribution < 1.29 is 23.9 Å². The number of hydrogen-bond acceptors (Lipinski definition) is 6. The maximum atomic E-state index is 13.3. The summed E-state index contributed by atoms with van der Waals surface area (Å²) in [6.45, 7) is 10.6. The summed E-state index contributed by atoms with van der Waals surface area (Å²) >= 11 is 0. The summed E-state index contributed by atoms with van der Waals surface area (Å²) < 4.78 is 10.7. The second-order valence-corrected chi connectivity index (χ2v) is 10.6. The van der Waals surface area contributed by atoms with Crippen LogP contribution in [-0.2, 0) is 14.3 Å². The van der Waals surface area contributed by atoms with E-state index in [2.05, 4.69) is 15.6 Å². The van der Waals surface area contributed by atoms with Gasteiger partial charge in [0.1, 0.15) is 11.4 Å². The number of nitrogens with zero attached hydrogens (tertiary/aromatic N) is 1. The highest BCUT2D eigenvalue weighted by atomic mass is 16.6. The van der Waals surface area contributed by atoms with Gasteiger partial charge in [0.05, 0.1) is 11.3 Å². The lowest BCUT2D eigenvalue weighted by Gasteiger charge is -2.22. The number of pyridine rings is 1. The minimum Gasteiger partial charge on any atom is -0.444 e. The largest absolute Gasteiger partial charge is 0.444 e. The summed E-state index contributed by atoms with van der Waals surface area (Å²) in [4.78, 5) is 41.9.